The molecule has 3 nitrogen and oxygen atoms in total. The Bertz CT molecular complexity index is 686. The lowest BCUT2D eigenvalue weighted by Gasteiger charge is -2.26. The first-order valence-corrected chi connectivity index (χ1v) is 11.1. The second-order valence-electron chi connectivity index (χ2n) is 7.78. The van der Waals surface area contributed by atoms with Crippen LogP contribution in [-0.2, 0) is 22.7 Å². The van der Waals surface area contributed by atoms with Gasteiger partial charge in [-0.3, -0.25) is 0 Å². The Morgan fingerprint density at radius 1 is 0.828 bits per heavy atom. The minimum absolute atomic E-state index is 0.0333. The molecule has 0 aromatic heterocycles. The lowest BCUT2D eigenvalue weighted by Crippen LogP contribution is -2.25. The molecule has 0 amide bonds. The lowest BCUT2D eigenvalue weighted by molar-refractivity contribution is -0.0404. The van der Waals surface area contributed by atoms with Gasteiger partial charge in [0.05, 0.1) is 25.4 Å². The highest BCUT2D eigenvalue weighted by Gasteiger charge is 2.20. The third-order valence-electron chi connectivity index (χ3n) is 4.80. The van der Waals surface area contributed by atoms with Gasteiger partial charge in [-0.1, -0.05) is 73.4 Å². The molecule has 0 bridgehead atoms. The number of aliphatic hydroxyl groups is 1. The Labute approximate surface area is 184 Å². The lowest BCUT2D eigenvalue weighted by atomic mass is 9.98. The Morgan fingerprint density at radius 2 is 1.48 bits per heavy atom. The van der Waals surface area contributed by atoms with Crippen LogP contribution in [0.3, 0.4) is 0 Å². The van der Waals surface area contributed by atoms with Gasteiger partial charge >= 0.3 is 0 Å². The number of aliphatic hydroxyl groups excluding tert-OH is 1. The van der Waals surface area contributed by atoms with Gasteiger partial charge in [-0.25, -0.2) is 0 Å². The third kappa shape index (κ3) is 9.06. The Hall–Kier alpha value is -1.10. The Kier molecular flexibility index (Phi) is 11.0. The van der Waals surface area contributed by atoms with Crippen molar-refractivity contribution in [3.8, 4) is 0 Å². The van der Waals surface area contributed by atoms with Gasteiger partial charge in [0.1, 0.15) is 0 Å². The number of benzene rings is 2. The monoisotopic (exact) mass is 438 g/mol. The largest absolute Gasteiger partial charge is 0.396 e. The van der Waals surface area contributed by atoms with E-state index in [4.69, 9.17) is 32.7 Å². The Morgan fingerprint density at radius 3 is 2.10 bits per heavy atom. The van der Waals surface area contributed by atoms with Crippen molar-refractivity contribution in [3.05, 3.63) is 69.7 Å². The summed E-state index contributed by atoms with van der Waals surface area (Å²) in [4.78, 5) is 0. The van der Waals surface area contributed by atoms with E-state index in [-0.39, 0.29) is 18.8 Å². The van der Waals surface area contributed by atoms with Gasteiger partial charge in [-0.15, -0.1) is 0 Å². The standard InChI is InChI=1S/C24H32Cl2O3/c1-18(2)14-21(28-16-19-8-4-3-5-9-19)15-20(10-7-13-27)29-17-22-23(25)11-6-12-24(22)26/h3-6,8-9,11-12,18,20-21,27H,7,10,13-17H2,1-2H3/t20-,21-/m1/s1. The predicted octanol–water partition coefficient (Wildman–Crippen LogP) is 6.67. The molecule has 0 fully saturated rings. The van der Waals surface area contributed by atoms with Crippen molar-refractivity contribution in [1.82, 2.24) is 0 Å². The fourth-order valence-electron chi connectivity index (χ4n) is 3.30. The fourth-order valence-corrected chi connectivity index (χ4v) is 3.81. The molecule has 1 N–H and O–H groups in total. The maximum Gasteiger partial charge on any atom is 0.0749 e. The molecule has 2 aromatic rings. The van der Waals surface area contributed by atoms with Crippen LogP contribution >= 0.6 is 23.2 Å². The molecule has 5 heteroatoms. The second-order valence-corrected chi connectivity index (χ2v) is 8.60. The molecule has 0 aliphatic heterocycles. The van der Waals surface area contributed by atoms with Crippen LogP contribution in [0.1, 0.15) is 50.7 Å². The topological polar surface area (TPSA) is 38.7 Å². The molecule has 160 valence electrons. The van der Waals surface area contributed by atoms with Crippen molar-refractivity contribution in [2.75, 3.05) is 6.61 Å². The van der Waals surface area contributed by atoms with Gasteiger partial charge in [0.15, 0.2) is 0 Å². The molecule has 2 aromatic carbocycles. The van der Waals surface area contributed by atoms with Crippen LogP contribution in [-0.4, -0.2) is 23.9 Å². The molecule has 0 saturated carbocycles. The van der Waals surface area contributed by atoms with Gasteiger partial charge in [0.25, 0.3) is 0 Å². The quantitative estimate of drug-likeness (QED) is 0.379. The van der Waals surface area contributed by atoms with Gasteiger partial charge in [0, 0.05) is 22.2 Å². The molecule has 0 aliphatic rings. The molecule has 2 rings (SSSR count). The van der Waals surface area contributed by atoms with E-state index in [2.05, 4.69) is 26.0 Å². The third-order valence-corrected chi connectivity index (χ3v) is 5.51. The van der Waals surface area contributed by atoms with Crippen molar-refractivity contribution in [2.24, 2.45) is 5.92 Å². The van der Waals surface area contributed by atoms with E-state index in [0.717, 1.165) is 30.4 Å². The Balaban J connectivity index is 2.00. The maximum atomic E-state index is 9.29. The first-order chi connectivity index (χ1) is 14.0. The van der Waals surface area contributed by atoms with E-state index in [1.54, 1.807) is 0 Å². The first-order valence-electron chi connectivity index (χ1n) is 10.3. The van der Waals surface area contributed by atoms with Crippen LogP contribution < -0.4 is 0 Å². The summed E-state index contributed by atoms with van der Waals surface area (Å²) in [7, 11) is 0. The molecule has 2 atom stereocenters. The van der Waals surface area contributed by atoms with E-state index in [1.165, 1.54) is 0 Å². The number of halogens is 2. The van der Waals surface area contributed by atoms with E-state index in [0.29, 0.717) is 35.6 Å². The minimum Gasteiger partial charge on any atom is -0.396 e. The predicted molar refractivity (Wildman–Crippen MR) is 120 cm³/mol. The van der Waals surface area contributed by atoms with E-state index >= 15 is 0 Å². The van der Waals surface area contributed by atoms with E-state index in [9.17, 15) is 5.11 Å². The van der Waals surface area contributed by atoms with Gasteiger partial charge in [-0.05, 0) is 49.3 Å². The van der Waals surface area contributed by atoms with Crippen molar-refractivity contribution in [3.63, 3.8) is 0 Å². The van der Waals surface area contributed by atoms with Gasteiger partial charge in [0.2, 0.25) is 0 Å². The van der Waals surface area contributed by atoms with E-state index in [1.807, 2.05) is 36.4 Å². The molecule has 0 spiro atoms. The van der Waals surface area contributed by atoms with Gasteiger partial charge < -0.3 is 14.6 Å². The van der Waals surface area contributed by atoms with Crippen LogP contribution in [0.4, 0.5) is 0 Å². The summed E-state index contributed by atoms with van der Waals surface area (Å²) < 4.78 is 12.5. The molecule has 0 aliphatic carbocycles. The zero-order valence-corrected chi connectivity index (χ0v) is 18.8. The van der Waals surface area contributed by atoms with Crippen LogP contribution in [0.15, 0.2) is 48.5 Å². The highest BCUT2D eigenvalue weighted by atomic mass is 35.5. The average Bonchev–Trinajstić information content (AvgIpc) is 2.70. The van der Waals surface area contributed by atoms with Crippen LogP contribution in [0.25, 0.3) is 0 Å². The van der Waals surface area contributed by atoms with Crippen LogP contribution in [0.2, 0.25) is 10.0 Å². The first kappa shape index (κ1) is 24.2. The number of rotatable bonds is 13. The summed E-state index contributed by atoms with van der Waals surface area (Å²) in [5.74, 6) is 0.521. The van der Waals surface area contributed by atoms with Crippen molar-refractivity contribution < 1.29 is 14.6 Å². The molecular weight excluding hydrogens is 407 g/mol. The number of ether oxygens (including phenoxy) is 2. The maximum absolute atomic E-state index is 9.29. The molecule has 0 heterocycles. The number of hydrogen-bond donors (Lipinski definition) is 1. The molecule has 0 saturated heterocycles. The van der Waals surface area contributed by atoms with Gasteiger partial charge in [-0.2, -0.15) is 0 Å². The summed E-state index contributed by atoms with van der Waals surface area (Å²) in [6.07, 6.45) is 3.23. The van der Waals surface area contributed by atoms with Crippen LogP contribution in [0.5, 0.6) is 0 Å². The average molecular weight is 439 g/mol. The molecule has 29 heavy (non-hydrogen) atoms. The summed E-state index contributed by atoms with van der Waals surface area (Å²) in [5.41, 5.74) is 1.97. The normalized spacial score (nSPS) is 13.6. The zero-order valence-electron chi connectivity index (χ0n) is 17.3. The smallest absolute Gasteiger partial charge is 0.0749 e. The summed E-state index contributed by atoms with van der Waals surface area (Å²) in [6.45, 7) is 5.48. The zero-order chi connectivity index (χ0) is 21.1. The van der Waals surface area contributed by atoms with Crippen molar-refractivity contribution in [2.45, 2.75) is 65.0 Å². The van der Waals surface area contributed by atoms with E-state index < -0.39 is 0 Å². The molecule has 0 unspecified atom stereocenters. The molecular formula is C24H32Cl2O3. The SMILES string of the molecule is CC(C)C[C@H](C[C@@H](CCCO)OCc1c(Cl)cccc1Cl)OCc1ccccc1. The minimum atomic E-state index is -0.0333. The summed E-state index contributed by atoms with van der Waals surface area (Å²) in [6, 6.07) is 15.7. The summed E-state index contributed by atoms with van der Waals surface area (Å²) in [5, 5.41) is 10.5. The number of hydrogen-bond acceptors (Lipinski definition) is 3. The van der Waals surface area contributed by atoms with Crippen LogP contribution in [0, 0.1) is 5.92 Å². The summed E-state index contributed by atoms with van der Waals surface area (Å²) >= 11 is 12.6. The molecule has 0 radical (unpaired) electrons. The van der Waals surface area contributed by atoms with Crippen molar-refractivity contribution in [1.29, 1.82) is 0 Å². The van der Waals surface area contributed by atoms with Crippen molar-refractivity contribution >= 4 is 23.2 Å². The highest BCUT2D eigenvalue weighted by molar-refractivity contribution is 6.35. The second kappa shape index (κ2) is 13.3. The fraction of sp³-hybridized carbons (Fsp3) is 0.500. The highest BCUT2D eigenvalue weighted by Crippen LogP contribution is 2.27.